The number of methoxy groups -OCH3 is 1. The first kappa shape index (κ1) is 26.8. The highest BCUT2D eigenvalue weighted by Crippen LogP contribution is 2.75. The number of rotatable bonds is 1. The number of carbonyl (C=O) groups excluding carboxylic acids is 3. The molecular weight excluding hydrogens is 467 g/mol. The minimum Gasteiger partial charge on any atom is -0.469 e. The fraction of sp³-hybridized carbons (Fsp3) is 0.781. The van der Waals surface area contributed by atoms with Gasteiger partial charge in [-0.1, -0.05) is 54.0 Å². The number of Topliss-reactive ketones (excluding diaryl/α,β-unsaturated/α-hetero) is 1. The summed E-state index contributed by atoms with van der Waals surface area (Å²) in [7, 11) is 1.48. The number of ether oxygens (including phenoxy) is 1. The first-order valence-corrected chi connectivity index (χ1v) is 14.2. The summed E-state index contributed by atoms with van der Waals surface area (Å²) in [5, 5.41) is 0. The van der Waals surface area contributed by atoms with Gasteiger partial charge >= 0.3 is 5.97 Å². The SMILES string of the molecule is COC(=O)[C@]12CCC(C)(C)C[C@H]1C1C(=O)C=C3[C@@]4(C)C/C(=C\F)C(=O)C(C)(C)[C@@H]4CC[C@@]3(C)[C@]1(C)CC2. The smallest absolute Gasteiger partial charge is 0.312 e. The van der Waals surface area contributed by atoms with Gasteiger partial charge in [-0.2, -0.15) is 0 Å². The molecule has 4 nitrogen and oxygen atoms in total. The lowest BCUT2D eigenvalue weighted by Gasteiger charge is -2.69. The van der Waals surface area contributed by atoms with Gasteiger partial charge in [0.15, 0.2) is 11.6 Å². The number of carbonyl (C=O) groups is 3. The number of hydrogen-bond acceptors (Lipinski definition) is 4. The molecular formula is C32H45FO4. The zero-order valence-electron chi connectivity index (χ0n) is 24.1. The Morgan fingerprint density at radius 1 is 1.00 bits per heavy atom. The largest absolute Gasteiger partial charge is 0.469 e. The van der Waals surface area contributed by atoms with Crippen molar-refractivity contribution in [3.8, 4) is 0 Å². The molecule has 0 saturated heterocycles. The average Bonchev–Trinajstić information content (AvgIpc) is 2.82. The molecule has 7 atom stereocenters. The molecule has 5 rings (SSSR count). The molecule has 0 bridgehead atoms. The van der Waals surface area contributed by atoms with Crippen molar-refractivity contribution in [2.24, 2.45) is 50.2 Å². The van der Waals surface area contributed by atoms with Gasteiger partial charge in [-0.15, -0.1) is 0 Å². The average molecular weight is 513 g/mol. The fourth-order valence-electron chi connectivity index (χ4n) is 10.5. The zero-order chi connectivity index (χ0) is 27.4. The summed E-state index contributed by atoms with van der Waals surface area (Å²) in [6.45, 7) is 15.2. The predicted molar refractivity (Wildman–Crippen MR) is 141 cm³/mol. The van der Waals surface area contributed by atoms with Gasteiger partial charge < -0.3 is 4.74 Å². The van der Waals surface area contributed by atoms with E-state index in [2.05, 4.69) is 34.6 Å². The van der Waals surface area contributed by atoms with E-state index in [0.29, 0.717) is 12.8 Å². The predicted octanol–water partition coefficient (Wildman–Crippen LogP) is 7.17. The Morgan fingerprint density at radius 2 is 1.65 bits per heavy atom. The molecule has 37 heavy (non-hydrogen) atoms. The van der Waals surface area contributed by atoms with E-state index in [-0.39, 0.29) is 57.1 Å². The molecule has 0 amide bonds. The van der Waals surface area contributed by atoms with Crippen molar-refractivity contribution in [1.82, 2.24) is 0 Å². The Hall–Kier alpha value is -1.78. The highest BCUT2D eigenvalue weighted by atomic mass is 19.1. The molecule has 5 heteroatoms. The van der Waals surface area contributed by atoms with E-state index in [1.807, 2.05) is 19.9 Å². The number of esters is 1. The maximum atomic E-state index is 14.4. The number of allylic oxidation sites excluding steroid dienone is 3. The molecule has 4 saturated carbocycles. The van der Waals surface area contributed by atoms with Crippen LogP contribution >= 0.6 is 0 Å². The number of hydrogen-bond donors (Lipinski definition) is 0. The van der Waals surface area contributed by atoms with Crippen LogP contribution in [0.3, 0.4) is 0 Å². The van der Waals surface area contributed by atoms with Gasteiger partial charge in [-0.3, -0.25) is 14.4 Å². The van der Waals surface area contributed by atoms with Crippen LogP contribution in [0.15, 0.2) is 23.6 Å². The standard InChI is InChI=1S/C32H45FO4/c1-27(2)11-13-32(26(36)37-8)14-12-31(7)24(20(32)17-27)21(34)15-23-29(5)16-19(18-33)25(35)28(3,4)22(29)9-10-30(23,31)6/h15,18,20,22,24H,9-14,16-17H2,1-8H3/b19-18+/t20-,22-,24?,29-,30+,31+,32-/m0/s1. The first-order chi connectivity index (χ1) is 17.0. The Labute approximate surface area is 221 Å². The maximum Gasteiger partial charge on any atom is 0.312 e. The zero-order valence-corrected chi connectivity index (χ0v) is 24.1. The molecule has 4 fully saturated rings. The van der Waals surface area contributed by atoms with Gasteiger partial charge in [-0.05, 0) is 90.9 Å². The summed E-state index contributed by atoms with van der Waals surface area (Å²) >= 11 is 0. The Morgan fingerprint density at radius 3 is 2.27 bits per heavy atom. The van der Waals surface area contributed by atoms with Gasteiger partial charge in [-0.25, -0.2) is 4.39 Å². The van der Waals surface area contributed by atoms with E-state index in [4.69, 9.17) is 4.74 Å². The summed E-state index contributed by atoms with van der Waals surface area (Å²) in [6.07, 6.45) is 8.60. The molecule has 0 N–H and O–H groups in total. The van der Waals surface area contributed by atoms with Crippen LogP contribution in [-0.2, 0) is 19.1 Å². The third-order valence-corrected chi connectivity index (χ3v) is 12.7. The van der Waals surface area contributed by atoms with Crippen LogP contribution < -0.4 is 0 Å². The first-order valence-electron chi connectivity index (χ1n) is 14.2. The van der Waals surface area contributed by atoms with Gasteiger partial charge in [0.25, 0.3) is 0 Å². The van der Waals surface area contributed by atoms with Crippen molar-refractivity contribution < 1.29 is 23.5 Å². The Kier molecular flexibility index (Phi) is 5.71. The second-order valence-electron chi connectivity index (χ2n) is 15.2. The number of ketones is 2. The van der Waals surface area contributed by atoms with Crippen LogP contribution in [-0.4, -0.2) is 24.6 Å². The Balaban J connectivity index is 1.68. The van der Waals surface area contributed by atoms with Gasteiger partial charge in [0.1, 0.15) is 0 Å². The lowest BCUT2D eigenvalue weighted by atomic mass is 9.33. The van der Waals surface area contributed by atoms with Gasteiger partial charge in [0.2, 0.25) is 0 Å². The highest BCUT2D eigenvalue weighted by molar-refractivity contribution is 6.01. The summed E-state index contributed by atoms with van der Waals surface area (Å²) < 4.78 is 19.4. The van der Waals surface area contributed by atoms with Crippen LogP contribution in [0.25, 0.3) is 0 Å². The lowest BCUT2D eigenvalue weighted by molar-refractivity contribution is -0.192. The van der Waals surface area contributed by atoms with Crippen molar-refractivity contribution >= 4 is 17.5 Å². The summed E-state index contributed by atoms with van der Waals surface area (Å²) in [5.74, 6) is -0.381. The van der Waals surface area contributed by atoms with E-state index >= 15 is 0 Å². The van der Waals surface area contributed by atoms with Crippen molar-refractivity contribution in [3.63, 3.8) is 0 Å². The quantitative estimate of drug-likeness (QED) is 0.276. The summed E-state index contributed by atoms with van der Waals surface area (Å²) in [6, 6.07) is 0. The van der Waals surface area contributed by atoms with Crippen LogP contribution in [0.2, 0.25) is 0 Å². The molecule has 0 spiro atoms. The van der Waals surface area contributed by atoms with Crippen LogP contribution in [0.5, 0.6) is 0 Å². The number of fused-ring (bicyclic) bond motifs is 7. The van der Waals surface area contributed by atoms with Gasteiger partial charge in [0.05, 0.1) is 18.9 Å². The van der Waals surface area contributed by atoms with Crippen molar-refractivity contribution in [1.29, 1.82) is 0 Å². The fourth-order valence-corrected chi connectivity index (χ4v) is 10.5. The van der Waals surface area contributed by atoms with E-state index < -0.39 is 16.2 Å². The number of halogens is 1. The van der Waals surface area contributed by atoms with Gasteiger partial charge in [0, 0.05) is 16.9 Å². The Bertz CT molecular complexity index is 1130. The van der Waals surface area contributed by atoms with Crippen molar-refractivity contribution in [2.45, 2.75) is 99.8 Å². The van der Waals surface area contributed by atoms with E-state index in [9.17, 15) is 18.8 Å². The normalized spacial score (nSPS) is 47.2. The minimum atomic E-state index is -0.687. The molecule has 0 aromatic rings. The van der Waals surface area contributed by atoms with Crippen LogP contribution in [0.4, 0.5) is 4.39 Å². The van der Waals surface area contributed by atoms with Crippen LogP contribution in [0.1, 0.15) is 99.8 Å². The lowest BCUT2D eigenvalue weighted by Crippen LogP contribution is -2.66. The van der Waals surface area contributed by atoms with E-state index in [1.165, 1.54) is 7.11 Å². The molecule has 0 aromatic carbocycles. The molecule has 0 radical (unpaired) electrons. The highest BCUT2D eigenvalue weighted by Gasteiger charge is 2.71. The maximum absolute atomic E-state index is 14.4. The molecule has 0 aromatic heterocycles. The second-order valence-corrected chi connectivity index (χ2v) is 15.2. The molecule has 1 unspecified atom stereocenters. The molecule has 0 aliphatic heterocycles. The summed E-state index contributed by atoms with van der Waals surface area (Å²) in [5.41, 5.74) is -0.916. The third kappa shape index (κ3) is 3.21. The van der Waals surface area contributed by atoms with Crippen LogP contribution in [0, 0.1) is 50.2 Å². The second kappa shape index (κ2) is 7.88. The monoisotopic (exact) mass is 512 g/mol. The van der Waals surface area contributed by atoms with E-state index in [1.54, 1.807) is 0 Å². The molecule has 5 aliphatic carbocycles. The van der Waals surface area contributed by atoms with Crippen molar-refractivity contribution in [2.75, 3.05) is 7.11 Å². The molecule has 0 heterocycles. The topological polar surface area (TPSA) is 60.4 Å². The minimum absolute atomic E-state index is 0.0508. The summed E-state index contributed by atoms with van der Waals surface area (Å²) in [4.78, 5) is 40.9. The van der Waals surface area contributed by atoms with E-state index in [0.717, 1.165) is 50.5 Å². The molecule has 204 valence electrons. The van der Waals surface area contributed by atoms with Crippen molar-refractivity contribution in [3.05, 3.63) is 23.6 Å². The molecule has 5 aliphatic rings. The third-order valence-electron chi connectivity index (χ3n) is 12.7.